The summed E-state index contributed by atoms with van der Waals surface area (Å²) in [4.78, 5) is 14.9. The number of rotatable bonds is 5. The Morgan fingerprint density at radius 3 is 2.75 bits per heavy atom. The number of thiophene rings is 1. The maximum Gasteiger partial charge on any atom is 0.336 e. The zero-order valence-corrected chi connectivity index (χ0v) is 12.5. The van der Waals surface area contributed by atoms with Crippen LogP contribution in [0.2, 0.25) is 0 Å². The molecule has 0 saturated carbocycles. The molecule has 0 aromatic carbocycles. The van der Waals surface area contributed by atoms with Gasteiger partial charge in [-0.05, 0) is 6.07 Å². The highest BCUT2D eigenvalue weighted by Gasteiger charge is 2.25. The summed E-state index contributed by atoms with van der Waals surface area (Å²) >= 11 is 0.892. The molecule has 9 heteroatoms. The summed E-state index contributed by atoms with van der Waals surface area (Å²) in [6, 6.07) is 1.16. The molecule has 2 rings (SSSR count). The Balaban J connectivity index is 2.25. The molecule has 20 heavy (non-hydrogen) atoms. The minimum absolute atomic E-state index is 0.00612. The number of aryl methyl sites for hydroxylation is 1. The topological polar surface area (TPSA) is 92.5 Å². The zero-order chi connectivity index (χ0) is 14.9. The Morgan fingerprint density at radius 2 is 2.25 bits per heavy atom. The van der Waals surface area contributed by atoms with Crippen molar-refractivity contribution in [2.24, 2.45) is 7.05 Å². The van der Waals surface area contributed by atoms with Crippen molar-refractivity contribution in [1.29, 1.82) is 0 Å². The predicted molar refractivity (Wildman–Crippen MR) is 73.1 cm³/mol. The standard InChI is InChI=1S/C11H13N3O4S2/c1-13-4-3-12-9(13)6-14(2)20(17,18)10-5-8(7-19-10)11(15)16/h3-5,7H,6H2,1-2H3,(H,15,16). The predicted octanol–water partition coefficient (Wildman–Crippen LogP) is 1.00. The van der Waals surface area contributed by atoms with Gasteiger partial charge in [0.2, 0.25) is 0 Å². The molecule has 2 aromatic heterocycles. The average Bonchev–Trinajstić information content (AvgIpc) is 2.99. The lowest BCUT2D eigenvalue weighted by Crippen LogP contribution is -2.27. The van der Waals surface area contributed by atoms with Gasteiger partial charge < -0.3 is 9.67 Å². The number of hydrogen-bond donors (Lipinski definition) is 1. The van der Waals surface area contributed by atoms with Crippen molar-refractivity contribution in [3.63, 3.8) is 0 Å². The summed E-state index contributed by atoms with van der Waals surface area (Å²) in [5, 5.41) is 10.1. The SMILES string of the molecule is CN(Cc1nccn1C)S(=O)(=O)c1cc(C(=O)O)cs1. The number of sulfonamides is 1. The zero-order valence-electron chi connectivity index (χ0n) is 10.8. The maximum atomic E-state index is 12.3. The van der Waals surface area contributed by atoms with E-state index in [1.807, 2.05) is 0 Å². The van der Waals surface area contributed by atoms with Gasteiger partial charge in [-0.25, -0.2) is 18.2 Å². The van der Waals surface area contributed by atoms with Crippen LogP contribution in [0.25, 0.3) is 0 Å². The first kappa shape index (κ1) is 14.7. The highest BCUT2D eigenvalue weighted by Crippen LogP contribution is 2.24. The van der Waals surface area contributed by atoms with Crippen LogP contribution < -0.4 is 0 Å². The number of carboxylic acid groups (broad SMARTS) is 1. The lowest BCUT2D eigenvalue weighted by Gasteiger charge is -2.15. The van der Waals surface area contributed by atoms with Crippen molar-refractivity contribution in [1.82, 2.24) is 13.9 Å². The quantitative estimate of drug-likeness (QED) is 0.888. The number of hydrogen-bond acceptors (Lipinski definition) is 5. The van der Waals surface area contributed by atoms with E-state index in [9.17, 15) is 13.2 Å². The second-order valence-electron chi connectivity index (χ2n) is 4.18. The van der Waals surface area contributed by atoms with Crippen LogP contribution in [0.15, 0.2) is 28.0 Å². The normalized spacial score (nSPS) is 11.9. The number of carbonyl (C=O) groups is 1. The highest BCUT2D eigenvalue weighted by atomic mass is 32.2. The van der Waals surface area contributed by atoms with Crippen LogP contribution >= 0.6 is 11.3 Å². The third kappa shape index (κ3) is 2.74. The molecular formula is C11H13N3O4S2. The molecule has 0 bridgehead atoms. The largest absolute Gasteiger partial charge is 0.478 e. The van der Waals surface area contributed by atoms with Gasteiger partial charge in [0, 0.05) is 31.9 Å². The Kier molecular flexibility index (Phi) is 3.93. The van der Waals surface area contributed by atoms with Gasteiger partial charge in [-0.1, -0.05) is 0 Å². The van der Waals surface area contributed by atoms with Crippen molar-refractivity contribution >= 4 is 27.3 Å². The van der Waals surface area contributed by atoms with Crippen LogP contribution in [-0.4, -0.2) is 40.4 Å². The monoisotopic (exact) mass is 315 g/mol. The van der Waals surface area contributed by atoms with Crippen molar-refractivity contribution in [3.8, 4) is 0 Å². The molecule has 0 unspecified atom stereocenters. The summed E-state index contributed by atoms with van der Waals surface area (Å²) < 4.78 is 27.5. The molecule has 0 aliphatic carbocycles. The molecule has 0 aliphatic heterocycles. The van der Waals surface area contributed by atoms with E-state index in [2.05, 4.69) is 4.98 Å². The number of imidazole rings is 1. The molecule has 2 aromatic rings. The molecule has 108 valence electrons. The van der Waals surface area contributed by atoms with Crippen LogP contribution in [0.4, 0.5) is 0 Å². The molecular weight excluding hydrogens is 302 g/mol. The fourth-order valence-electron chi connectivity index (χ4n) is 1.55. The Hall–Kier alpha value is -1.71. The van der Waals surface area contributed by atoms with E-state index in [1.165, 1.54) is 12.4 Å². The van der Waals surface area contributed by atoms with Gasteiger partial charge in [-0.3, -0.25) is 0 Å². The van der Waals surface area contributed by atoms with E-state index in [4.69, 9.17) is 5.11 Å². The van der Waals surface area contributed by atoms with E-state index in [0.29, 0.717) is 5.82 Å². The lowest BCUT2D eigenvalue weighted by molar-refractivity contribution is 0.0697. The molecule has 0 atom stereocenters. The lowest BCUT2D eigenvalue weighted by atomic mass is 10.4. The number of carboxylic acids is 1. The number of nitrogens with zero attached hydrogens (tertiary/aromatic N) is 3. The van der Waals surface area contributed by atoms with Crippen LogP contribution in [0.3, 0.4) is 0 Å². The van der Waals surface area contributed by atoms with Crippen molar-refractivity contribution in [3.05, 3.63) is 35.2 Å². The molecule has 2 heterocycles. The van der Waals surface area contributed by atoms with E-state index in [-0.39, 0.29) is 16.3 Å². The summed E-state index contributed by atoms with van der Waals surface area (Å²) in [7, 11) is -0.500. The van der Waals surface area contributed by atoms with Crippen LogP contribution in [-0.2, 0) is 23.6 Å². The highest BCUT2D eigenvalue weighted by molar-refractivity contribution is 7.91. The van der Waals surface area contributed by atoms with Crippen LogP contribution in [0, 0.1) is 0 Å². The number of aromatic nitrogens is 2. The smallest absolute Gasteiger partial charge is 0.336 e. The molecule has 0 fully saturated rings. The van der Waals surface area contributed by atoms with Gasteiger partial charge in [0.1, 0.15) is 10.0 Å². The van der Waals surface area contributed by atoms with Crippen molar-refractivity contribution in [2.75, 3.05) is 7.05 Å². The molecule has 7 nitrogen and oxygen atoms in total. The molecule has 0 aliphatic rings. The van der Waals surface area contributed by atoms with Gasteiger partial charge in [0.25, 0.3) is 10.0 Å². The number of aromatic carboxylic acids is 1. The summed E-state index contributed by atoms with van der Waals surface area (Å²) in [5.74, 6) is -0.541. The Labute approximate surface area is 120 Å². The first-order valence-corrected chi connectivity index (χ1v) is 7.88. The maximum absolute atomic E-state index is 12.3. The molecule has 0 spiro atoms. The molecule has 1 N–H and O–H groups in total. The molecule has 0 saturated heterocycles. The third-order valence-corrected chi connectivity index (χ3v) is 5.99. The average molecular weight is 315 g/mol. The Morgan fingerprint density at radius 1 is 1.55 bits per heavy atom. The summed E-state index contributed by atoms with van der Waals surface area (Å²) in [6.07, 6.45) is 3.31. The minimum atomic E-state index is -3.71. The second-order valence-corrected chi connectivity index (χ2v) is 7.36. The van der Waals surface area contributed by atoms with E-state index in [1.54, 1.807) is 24.0 Å². The third-order valence-electron chi connectivity index (χ3n) is 2.77. The van der Waals surface area contributed by atoms with Gasteiger partial charge in [-0.15, -0.1) is 11.3 Å². The first-order valence-electron chi connectivity index (χ1n) is 5.56. The van der Waals surface area contributed by atoms with Crippen LogP contribution in [0.1, 0.15) is 16.2 Å². The van der Waals surface area contributed by atoms with Gasteiger partial charge >= 0.3 is 5.97 Å². The second kappa shape index (κ2) is 5.35. The minimum Gasteiger partial charge on any atom is -0.478 e. The molecule has 0 radical (unpaired) electrons. The van der Waals surface area contributed by atoms with E-state index >= 15 is 0 Å². The Bertz CT molecular complexity index is 732. The van der Waals surface area contributed by atoms with Crippen molar-refractivity contribution < 1.29 is 18.3 Å². The van der Waals surface area contributed by atoms with Crippen LogP contribution in [0.5, 0.6) is 0 Å². The van der Waals surface area contributed by atoms with Crippen molar-refractivity contribution in [2.45, 2.75) is 10.8 Å². The van der Waals surface area contributed by atoms with E-state index in [0.717, 1.165) is 21.7 Å². The fourth-order valence-corrected chi connectivity index (χ4v) is 4.04. The molecule has 0 amide bonds. The van der Waals surface area contributed by atoms with Gasteiger partial charge in [0.05, 0.1) is 12.1 Å². The van der Waals surface area contributed by atoms with Gasteiger partial charge in [0.15, 0.2) is 0 Å². The first-order chi connectivity index (χ1) is 9.32. The van der Waals surface area contributed by atoms with Gasteiger partial charge in [-0.2, -0.15) is 4.31 Å². The van der Waals surface area contributed by atoms with E-state index < -0.39 is 16.0 Å². The summed E-state index contributed by atoms with van der Waals surface area (Å²) in [5.41, 5.74) is -0.0287. The fraction of sp³-hybridized carbons (Fsp3) is 0.273. The summed E-state index contributed by atoms with van der Waals surface area (Å²) in [6.45, 7) is 0.117.